The second kappa shape index (κ2) is 7.22. The molecule has 0 aliphatic carbocycles. The second-order valence-corrected chi connectivity index (χ2v) is 5.69. The molecule has 0 spiro atoms. The lowest BCUT2D eigenvalue weighted by molar-refractivity contribution is 0.102. The molecular formula is C16H18BrN3O. The first-order valence-corrected chi connectivity index (χ1v) is 7.67. The Bertz CT molecular complexity index is 643. The smallest absolute Gasteiger partial charge is 0.255 e. The molecule has 2 aromatic rings. The highest BCUT2D eigenvalue weighted by Crippen LogP contribution is 2.21. The number of rotatable bonds is 5. The lowest BCUT2D eigenvalue weighted by Gasteiger charge is -2.10. The molecule has 0 fully saturated rings. The van der Waals surface area contributed by atoms with Crippen molar-refractivity contribution in [2.45, 2.75) is 20.3 Å². The van der Waals surface area contributed by atoms with Gasteiger partial charge >= 0.3 is 0 Å². The molecule has 21 heavy (non-hydrogen) atoms. The number of anilines is 2. The summed E-state index contributed by atoms with van der Waals surface area (Å²) in [7, 11) is 0. The number of aryl methyl sites for hydroxylation is 1. The van der Waals surface area contributed by atoms with E-state index in [9.17, 15) is 4.79 Å². The molecule has 5 heteroatoms. The van der Waals surface area contributed by atoms with E-state index in [2.05, 4.69) is 38.5 Å². The van der Waals surface area contributed by atoms with Crippen molar-refractivity contribution in [3.8, 4) is 0 Å². The number of carbonyl (C=O) groups excluding carboxylic acids is 1. The summed E-state index contributed by atoms with van der Waals surface area (Å²) in [6.07, 6.45) is 2.65. The van der Waals surface area contributed by atoms with Crippen molar-refractivity contribution in [1.29, 1.82) is 0 Å². The Hall–Kier alpha value is -1.88. The summed E-state index contributed by atoms with van der Waals surface area (Å²) in [6.45, 7) is 4.88. The molecule has 1 aromatic carbocycles. The number of pyridine rings is 1. The normalized spacial score (nSPS) is 10.2. The number of halogens is 1. The van der Waals surface area contributed by atoms with E-state index in [0.717, 1.165) is 34.5 Å². The van der Waals surface area contributed by atoms with Gasteiger partial charge in [-0.3, -0.25) is 4.79 Å². The van der Waals surface area contributed by atoms with E-state index in [4.69, 9.17) is 0 Å². The van der Waals surface area contributed by atoms with Crippen LogP contribution < -0.4 is 10.6 Å². The minimum atomic E-state index is -0.137. The topological polar surface area (TPSA) is 54.0 Å². The van der Waals surface area contributed by atoms with Gasteiger partial charge in [-0.25, -0.2) is 4.98 Å². The maximum Gasteiger partial charge on any atom is 0.255 e. The van der Waals surface area contributed by atoms with Gasteiger partial charge in [0.2, 0.25) is 0 Å². The number of benzene rings is 1. The van der Waals surface area contributed by atoms with E-state index in [1.807, 2.05) is 25.1 Å². The lowest BCUT2D eigenvalue weighted by Crippen LogP contribution is -2.13. The number of hydrogen-bond donors (Lipinski definition) is 2. The molecule has 1 amide bonds. The van der Waals surface area contributed by atoms with Crippen LogP contribution in [0.4, 0.5) is 11.5 Å². The number of hydrogen-bond acceptors (Lipinski definition) is 3. The molecule has 1 heterocycles. The van der Waals surface area contributed by atoms with Gasteiger partial charge in [0.15, 0.2) is 0 Å². The summed E-state index contributed by atoms with van der Waals surface area (Å²) in [6, 6.07) is 9.23. The number of nitrogens with zero attached hydrogens (tertiary/aromatic N) is 1. The standard InChI is InChI=1S/C16H18BrN3O/c1-3-7-18-15-10-12(6-8-19-15)16(21)20-14-5-4-13(17)9-11(14)2/h4-6,8-10H,3,7H2,1-2H3,(H,18,19)(H,20,21). The highest BCUT2D eigenvalue weighted by molar-refractivity contribution is 9.10. The number of nitrogens with one attached hydrogen (secondary N) is 2. The Morgan fingerprint density at radius 2 is 2.10 bits per heavy atom. The maximum absolute atomic E-state index is 12.3. The van der Waals surface area contributed by atoms with Crippen LogP contribution >= 0.6 is 15.9 Å². The van der Waals surface area contributed by atoms with Crippen LogP contribution in [-0.4, -0.2) is 17.4 Å². The highest BCUT2D eigenvalue weighted by Gasteiger charge is 2.09. The van der Waals surface area contributed by atoms with E-state index in [0.29, 0.717) is 5.56 Å². The summed E-state index contributed by atoms with van der Waals surface area (Å²) in [5.41, 5.74) is 2.41. The maximum atomic E-state index is 12.3. The van der Waals surface area contributed by atoms with Crippen LogP contribution in [0.25, 0.3) is 0 Å². The first kappa shape index (κ1) is 15.5. The molecular weight excluding hydrogens is 330 g/mol. The van der Waals surface area contributed by atoms with Crippen molar-refractivity contribution < 1.29 is 4.79 Å². The summed E-state index contributed by atoms with van der Waals surface area (Å²) < 4.78 is 0.993. The zero-order valence-corrected chi connectivity index (χ0v) is 13.7. The molecule has 0 aliphatic rings. The van der Waals surface area contributed by atoms with Gasteiger partial charge in [-0.15, -0.1) is 0 Å². The molecule has 110 valence electrons. The van der Waals surface area contributed by atoms with Crippen LogP contribution in [0.15, 0.2) is 41.0 Å². The number of aromatic nitrogens is 1. The Kier molecular flexibility index (Phi) is 5.33. The molecule has 2 N–H and O–H groups in total. The monoisotopic (exact) mass is 347 g/mol. The summed E-state index contributed by atoms with van der Waals surface area (Å²) in [5, 5.41) is 6.10. The quantitative estimate of drug-likeness (QED) is 0.850. The third kappa shape index (κ3) is 4.29. The van der Waals surface area contributed by atoms with E-state index >= 15 is 0 Å². The zero-order chi connectivity index (χ0) is 15.2. The zero-order valence-electron chi connectivity index (χ0n) is 12.1. The van der Waals surface area contributed by atoms with Crippen LogP contribution in [0.5, 0.6) is 0 Å². The SMILES string of the molecule is CCCNc1cc(C(=O)Nc2ccc(Br)cc2C)ccn1. The average Bonchev–Trinajstić information content (AvgIpc) is 2.48. The second-order valence-electron chi connectivity index (χ2n) is 4.77. The molecule has 1 aromatic heterocycles. The molecule has 0 radical (unpaired) electrons. The van der Waals surface area contributed by atoms with Gasteiger partial charge in [-0.05, 0) is 49.2 Å². The van der Waals surface area contributed by atoms with Gasteiger partial charge in [-0.1, -0.05) is 22.9 Å². The highest BCUT2D eigenvalue weighted by atomic mass is 79.9. The van der Waals surface area contributed by atoms with Gasteiger partial charge < -0.3 is 10.6 Å². The Morgan fingerprint density at radius 1 is 1.29 bits per heavy atom. The molecule has 0 saturated heterocycles. The van der Waals surface area contributed by atoms with Gasteiger partial charge in [0.05, 0.1) is 0 Å². The summed E-state index contributed by atoms with van der Waals surface area (Å²) >= 11 is 3.41. The number of carbonyl (C=O) groups is 1. The lowest BCUT2D eigenvalue weighted by atomic mass is 10.2. The van der Waals surface area contributed by atoms with Crippen molar-refractivity contribution in [3.05, 3.63) is 52.1 Å². The van der Waals surface area contributed by atoms with Crippen LogP contribution in [-0.2, 0) is 0 Å². The minimum absolute atomic E-state index is 0.137. The molecule has 0 saturated carbocycles. The molecule has 0 bridgehead atoms. The van der Waals surface area contributed by atoms with Crippen molar-refractivity contribution in [2.24, 2.45) is 0 Å². The Labute approximate surface area is 133 Å². The van der Waals surface area contributed by atoms with Crippen LogP contribution in [0.3, 0.4) is 0 Å². The molecule has 0 unspecified atom stereocenters. The van der Waals surface area contributed by atoms with Gasteiger partial charge in [0.1, 0.15) is 5.82 Å². The average molecular weight is 348 g/mol. The summed E-state index contributed by atoms with van der Waals surface area (Å²) in [4.78, 5) is 16.5. The predicted molar refractivity (Wildman–Crippen MR) is 89.8 cm³/mol. The minimum Gasteiger partial charge on any atom is -0.370 e. The van der Waals surface area contributed by atoms with Gasteiger partial charge in [0.25, 0.3) is 5.91 Å². The molecule has 0 atom stereocenters. The fourth-order valence-electron chi connectivity index (χ4n) is 1.88. The molecule has 2 rings (SSSR count). The van der Waals surface area contributed by atoms with Crippen molar-refractivity contribution in [1.82, 2.24) is 4.98 Å². The fourth-order valence-corrected chi connectivity index (χ4v) is 2.36. The fraction of sp³-hybridized carbons (Fsp3) is 0.250. The van der Waals surface area contributed by atoms with Crippen molar-refractivity contribution >= 4 is 33.3 Å². The van der Waals surface area contributed by atoms with Crippen molar-refractivity contribution in [2.75, 3.05) is 17.2 Å². The number of amides is 1. The van der Waals surface area contributed by atoms with E-state index < -0.39 is 0 Å². The summed E-state index contributed by atoms with van der Waals surface area (Å²) in [5.74, 6) is 0.583. The van der Waals surface area contributed by atoms with Gasteiger partial charge in [-0.2, -0.15) is 0 Å². The van der Waals surface area contributed by atoms with Gasteiger partial charge in [0, 0.05) is 28.5 Å². The third-order valence-corrected chi connectivity index (χ3v) is 3.51. The predicted octanol–water partition coefficient (Wildman–Crippen LogP) is 4.23. The molecule has 4 nitrogen and oxygen atoms in total. The van der Waals surface area contributed by atoms with E-state index in [-0.39, 0.29) is 5.91 Å². The van der Waals surface area contributed by atoms with Crippen LogP contribution in [0, 0.1) is 6.92 Å². The molecule has 0 aliphatic heterocycles. The Morgan fingerprint density at radius 3 is 2.81 bits per heavy atom. The van der Waals surface area contributed by atoms with Crippen LogP contribution in [0.2, 0.25) is 0 Å². The third-order valence-electron chi connectivity index (χ3n) is 3.01. The van der Waals surface area contributed by atoms with E-state index in [1.165, 1.54) is 0 Å². The van der Waals surface area contributed by atoms with Crippen LogP contribution in [0.1, 0.15) is 29.3 Å². The van der Waals surface area contributed by atoms with E-state index in [1.54, 1.807) is 18.3 Å². The Balaban J connectivity index is 2.12. The van der Waals surface area contributed by atoms with Crippen molar-refractivity contribution in [3.63, 3.8) is 0 Å². The first-order chi connectivity index (χ1) is 10.1. The largest absolute Gasteiger partial charge is 0.370 e. The first-order valence-electron chi connectivity index (χ1n) is 6.87.